The molecule has 1 aromatic carbocycles. The van der Waals surface area contributed by atoms with Crippen molar-refractivity contribution in [3.05, 3.63) is 88.2 Å². The Balaban J connectivity index is 1.60. The number of hydrogen-bond donors (Lipinski definition) is 2. The molecule has 0 aliphatic rings. The molecule has 0 spiro atoms. The lowest BCUT2D eigenvalue weighted by atomic mass is 10.1. The van der Waals surface area contributed by atoms with Crippen molar-refractivity contribution >= 4 is 17.5 Å². The van der Waals surface area contributed by atoms with Crippen LogP contribution >= 0.6 is 0 Å². The van der Waals surface area contributed by atoms with E-state index < -0.39 is 0 Å². The summed E-state index contributed by atoms with van der Waals surface area (Å²) in [5.41, 5.74) is 1.24. The molecule has 0 aliphatic carbocycles. The Bertz CT molecular complexity index is 1140. The molecule has 1 amide bonds. The Morgan fingerprint density at radius 1 is 1.07 bits per heavy atom. The number of aromatic nitrogens is 5. The fourth-order valence-electron chi connectivity index (χ4n) is 2.72. The molecule has 4 aromatic rings. The minimum atomic E-state index is -0.366. The maximum atomic E-state index is 12.4. The van der Waals surface area contributed by atoms with Crippen LogP contribution in [-0.4, -0.2) is 30.5 Å². The average molecular weight is 360 g/mol. The van der Waals surface area contributed by atoms with Crippen molar-refractivity contribution in [2.45, 2.75) is 12.8 Å². The molecule has 8 heteroatoms. The number of amides is 1. The van der Waals surface area contributed by atoms with Crippen molar-refractivity contribution in [2.24, 2.45) is 0 Å². The number of carbonyl (C=O) groups is 1. The van der Waals surface area contributed by atoms with E-state index in [4.69, 9.17) is 0 Å². The first kappa shape index (κ1) is 16.6. The second-order valence-electron chi connectivity index (χ2n) is 5.96. The number of aromatic amines is 1. The van der Waals surface area contributed by atoms with Crippen LogP contribution in [0.15, 0.2) is 65.7 Å². The number of nitrogens with one attached hydrogen (secondary N) is 2. The summed E-state index contributed by atoms with van der Waals surface area (Å²) >= 11 is 0. The molecule has 0 saturated carbocycles. The summed E-state index contributed by atoms with van der Waals surface area (Å²) < 4.78 is 1.43. The van der Waals surface area contributed by atoms with Gasteiger partial charge in [-0.3, -0.25) is 19.6 Å². The highest BCUT2D eigenvalue weighted by molar-refractivity contribution is 6.03. The number of carbonyl (C=O) groups excluding carboxylic acids is 1. The van der Waals surface area contributed by atoms with Crippen LogP contribution in [0.3, 0.4) is 0 Å². The van der Waals surface area contributed by atoms with Crippen molar-refractivity contribution in [2.75, 3.05) is 5.32 Å². The van der Waals surface area contributed by atoms with Gasteiger partial charge in [-0.05, 0) is 24.1 Å². The minimum Gasteiger partial charge on any atom is -0.306 e. The van der Waals surface area contributed by atoms with Crippen molar-refractivity contribution in [1.29, 1.82) is 0 Å². The Morgan fingerprint density at radius 3 is 2.63 bits per heavy atom. The predicted molar refractivity (Wildman–Crippen MR) is 99.6 cm³/mol. The number of fused-ring (bicyclic) bond motifs is 1. The third-order valence-electron chi connectivity index (χ3n) is 4.05. The first-order valence-electron chi connectivity index (χ1n) is 8.43. The summed E-state index contributed by atoms with van der Waals surface area (Å²) in [6.45, 7) is 0. The summed E-state index contributed by atoms with van der Waals surface area (Å²) in [6.07, 6.45) is 4.45. The number of H-pyrrole nitrogens is 1. The molecule has 3 aromatic heterocycles. The van der Waals surface area contributed by atoms with Gasteiger partial charge in [-0.15, -0.1) is 5.10 Å². The Morgan fingerprint density at radius 2 is 1.85 bits per heavy atom. The van der Waals surface area contributed by atoms with E-state index in [1.165, 1.54) is 28.5 Å². The molecule has 0 fully saturated rings. The second-order valence-corrected chi connectivity index (χ2v) is 5.96. The quantitative estimate of drug-likeness (QED) is 0.565. The molecular formula is C19H16N6O2. The first-order valence-corrected chi connectivity index (χ1v) is 8.43. The van der Waals surface area contributed by atoms with Gasteiger partial charge in [-0.2, -0.15) is 9.50 Å². The maximum Gasteiger partial charge on any atom is 0.256 e. The molecule has 0 bridgehead atoms. The highest BCUT2D eigenvalue weighted by atomic mass is 16.2. The molecule has 0 radical (unpaired) electrons. The molecule has 0 saturated heterocycles. The first-order chi connectivity index (χ1) is 13.2. The number of rotatable bonds is 5. The fraction of sp³-hybridized carbons (Fsp3) is 0.105. The molecule has 2 N–H and O–H groups in total. The van der Waals surface area contributed by atoms with Gasteiger partial charge in [-0.1, -0.05) is 30.3 Å². The number of nitrogens with zero attached hydrogens (tertiary/aromatic N) is 4. The summed E-state index contributed by atoms with van der Waals surface area (Å²) in [7, 11) is 0. The average Bonchev–Trinajstić information content (AvgIpc) is 3.11. The highest BCUT2D eigenvalue weighted by Gasteiger charge is 2.13. The third-order valence-corrected chi connectivity index (χ3v) is 4.05. The number of anilines is 1. The Hall–Kier alpha value is -3.81. The molecule has 0 atom stereocenters. The molecule has 27 heavy (non-hydrogen) atoms. The van der Waals surface area contributed by atoms with Crippen LogP contribution in [0.5, 0.6) is 0 Å². The molecule has 0 unspecified atom stereocenters. The number of benzene rings is 1. The van der Waals surface area contributed by atoms with Crippen LogP contribution in [-0.2, 0) is 12.8 Å². The van der Waals surface area contributed by atoms with Gasteiger partial charge in [0.05, 0.1) is 0 Å². The number of hydrogen-bond acceptors (Lipinski definition) is 5. The van der Waals surface area contributed by atoms with Crippen molar-refractivity contribution < 1.29 is 4.79 Å². The predicted octanol–water partition coefficient (Wildman–Crippen LogP) is 1.85. The Kier molecular flexibility index (Phi) is 4.44. The number of aryl methyl sites for hydroxylation is 2. The SMILES string of the molecule is O=C(Nc1cc(=O)[nH]c2nc(CCc3ccccc3)nn12)c1ccncc1. The lowest BCUT2D eigenvalue weighted by Crippen LogP contribution is -2.18. The summed E-state index contributed by atoms with van der Waals surface area (Å²) in [6, 6.07) is 14.5. The topological polar surface area (TPSA) is 105 Å². The van der Waals surface area contributed by atoms with E-state index in [0.29, 0.717) is 17.8 Å². The van der Waals surface area contributed by atoms with Crippen LogP contribution < -0.4 is 10.9 Å². The van der Waals surface area contributed by atoms with Crippen molar-refractivity contribution in [3.63, 3.8) is 0 Å². The lowest BCUT2D eigenvalue weighted by Gasteiger charge is -2.05. The van der Waals surface area contributed by atoms with E-state index in [1.54, 1.807) is 12.1 Å². The van der Waals surface area contributed by atoms with Crippen LogP contribution in [0.2, 0.25) is 0 Å². The van der Waals surface area contributed by atoms with Crippen molar-refractivity contribution in [1.82, 2.24) is 24.6 Å². The highest BCUT2D eigenvalue weighted by Crippen LogP contribution is 2.10. The van der Waals surface area contributed by atoms with Crippen LogP contribution in [0.25, 0.3) is 5.78 Å². The summed E-state index contributed by atoms with van der Waals surface area (Å²) in [4.78, 5) is 35.2. The van der Waals surface area contributed by atoms with Gasteiger partial charge >= 0.3 is 0 Å². The molecule has 8 nitrogen and oxygen atoms in total. The zero-order valence-electron chi connectivity index (χ0n) is 14.3. The van der Waals surface area contributed by atoms with E-state index in [1.807, 2.05) is 30.3 Å². The second kappa shape index (κ2) is 7.20. The fourth-order valence-corrected chi connectivity index (χ4v) is 2.72. The molecular weight excluding hydrogens is 344 g/mol. The van der Waals surface area contributed by atoms with E-state index >= 15 is 0 Å². The van der Waals surface area contributed by atoms with Gasteiger partial charge in [-0.25, -0.2) is 0 Å². The van der Waals surface area contributed by atoms with Gasteiger partial charge < -0.3 is 5.32 Å². The standard InChI is InChI=1S/C19H16N6O2/c26-17-12-16(22-18(27)14-8-10-20-11-9-14)25-19(23-17)21-15(24-25)7-6-13-4-2-1-3-5-13/h1-5,8-12H,6-7H2,(H,22,27)(H,21,23,24,26). The summed E-state index contributed by atoms with van der Waals surface area (Å²) in [5.74, 6) is 0.773. The molecule has 4 rings (SSSR count). The van der Waals surface area contributed by atoms with E-state index in [9.17, 15) is 9.59 Å². The van der Waals surface area contributed by atoms with E-state index in [-0.39, 0.29) is 23.1 Å². The molecule has 3 heterocycles. The molecule has 134 valence electrons. The summed E-state index contributed by atoms with van der Waals surface area (Å²) in [5, 5.41) is 7.13. The van der Waals surface area contributed by atoms with Gasteiger partial charge in [0, 0.05) is 30.4 Å². The zero-order chi connectivity index (χ0) is 18.6. The minimum absolute atomic E-state index is 0.258. The maximum absolute atomic E-state index is 12.4. The van der Waals surface area contributed by atoms with Crippen LogP contribution in [0.1, 0.15) is 21.7 Å². The monoisotopic (exact) mass is 360 g/mol. The lowest BCUT2D eigenvalue weighted by molar-refractivity contribution is 0.102. The normalized spacial score (nSPS) is 10.8. The smallest absolute Gasteiger partial charge is 0.256 e. The van der Waals surface area contributed by atoms with Gasteiger partial charge in [0.15, 0.2) is 5.82 Å². The number of pyridine rings is 1. The van der Waals surface area contributed by atoms with Gasteiger partial charge in [0.2, 0.25) is 5.78 Å². The van der Waals surface area contributed by atoms with Crippen LogP contribution in [0, 0.1) is 0 Å². The third kappa shape index (κ3) is 3.74. The van der Waals surface area contributed by atoms with E-state index in [2.05, 4.69) is 25.4 Å². The Labute approximate surface area is 153 Å². The largest absolute Gasteiger partial charge is 0.306 e. The van der Waals surface area contributed by atoms with Crippen molar-refractivity contribution in [3.8, 4) is 0 Å². The van der Waals surface area contributed by atoms with Gasteiger partial charge in [0.25, 0.3) is 11.5 Å². The van der Waals surface area contributed by atoms with Crippen LogP contribution in [0.4, 0.5) is 5.82 Å². The molecule has 0 aliphatic heterocycles. The van der Waals surface area contributed by atoms with Gasteiger partial charge in [0.1, 0.15) is 5.82 Å². The zero-order valence-corrected chi connectivity index (χ0v) is 14.3. The van der Waals surface area contributed by atoms with E-state index in [0.717, 1.165) is 6.42 Å².